The van der Waals surface area contributed by atoms with Crippen LogP contribution in [-0.2, 0) is 9.53 Å². The Morgan fingerprint density at radius 1 is 1.61 bits per heavy atom. The highest BCUT2D eigenvalue weighted by molar-refractivity contribution is 5.69. The zero-order valence-electron chi connectivity index (χ0n) is 10.4. The Bertz CT molecular complexity index is 480. The van der Waals surface area contributed by atoms with Crippen molar-refractivity contribution in [3.63, 3.8) is 0 Å². The number of aromatic amines is 1. The van der Waals surface area contributed by atoms with E-state index < -0.39 is 0 Å². The van der Waals surface area contributed by atoms with E-state index in [0.717, 1.165) is 18.7 Å². The fourth-order valence-corrected chi connectivity index (χ4v) is 1.64. The van der Waals surface area contributed by atoms with E-state index >= 15 is 0 Å². The average Bonchev–Trinajstić information content (AvgIpc) is 3.12. The molecule has 1 aliphatic rings. The van der Waals surface area contributed by atoms with Gasteiger partial charge in [0.15, 0.2) is 0 Å². The average molecular weight is 251 g/mol. The van der Waals surface area contributed by atoms with Gasteiger partial charge in [-0.25, -0.2) is 4.98 Å². The maximum absolute atomic E-state index is 11.4. The third-order valence-electron chi connectivity index (χ3n) is 2.66. The highest BCUT2D eigenvalue weighted by Crippen LogP contribution is 2.37. The van der Waals surface area contributed by atoms with Gasteiger partial charge in [-0.1, -0.05) is 0 Å². The highest BCUT2D eigenvalue weighted by atomic mass is 16.5. The Kier molecular flexibility index (Phi) is 3.96. The minimum atomic E-state index is -0.253. The predicted octanol–water partition coefficient (Wildman–Crippen LogP) is 1.01. The number of hydrogen-bond donors (Lipinski definition) is 2. The van der Waals surface area contributed by atoms with E-state index in [1.165, 1.54) is 6.07 Å². The molecule has 6 nitrogen and oxygen atoms in total. The molecule has 6 heteroatoms. The van der Waals surface area contributed by atoms with Crippen LogP contribution in [0.25, 0.3) is 0 Å². The van der Waals surface area contributed by atoms with Crippen molar-refractivity contribution in [2.24, 2.45) is 0 Å². The number of aromatic nitrogens is 2. The first-order valence-electron chi connectivity index (χ1n) is 6.19. The molecule has 0 aromatic carbocycles. The van der Waals surface area contributed by atoms with E-state index in [1.807, 2.05) is 0 Å². The number of nitrogens with zero attached hydrogens (tertiary/aromatic N) is 1. The summed E-state index contributed by atoms with van der Waals surface area (Å²) in [6.07, 6.45) is 2.42. The number of H-pyrrole nitrogens is 1. The number of hydrogen-bond acceptors (Lipinski definition) is 5. The number of rotatable bonds is 6. The number of anilines is 1. The normalized spacial score (nSPS) is 14.3. The zero-order valence-corrected chi connectivity index (χ0v) is 10.4. The lowest BCUT2D eigenvalue weighted by atomic mass is 10.4. The maximum atomic E-state index is 11.4. The largest absolute Gasteiger partial charge is 0.466 e. The monoisotopic (exact) mass is 251 g/mol. The van der Waals surface area contributed by atoms with Crippen LogP contribution in [0.15, 0.2) is 10.9 Å². The molecule has 1 aromatic heterocycles. The van der Waals surface area contributed by atoms with E-state index in [0.29, 0.717) is 24.9 Å². The van der Waals surface area contributed by atoms with Crippen LogP contribution in [0.5, 0.6) is 0 Å². The number of ether oxygens (including phenoxy) is 1. The Morgan fingerprint density at radius 3 is 3.06 bits per heavy atom. The van der Waals surface area contributed by atoms with Gasteiger partial charge < -0.3 is 15.0 Å². The molecule has 0 amide bonds. The second-order valence-electron chi connectivity index (χ2n) is 4.27. The molecule has 1 aliphatic carbocycles. The minimum Gasteiger partial charge on any atom is -0.466 e. The van der Waals surface area contributed by atoms with Crippen molar-refractivity contribution < 1.29 is 9.53 Å². The molecule has 98 valence electrons. The van der Waals surface area contributed by atoms with Crippen LogP contribution in [0.3, 0.4) is 0 Å². The van der Waals surface area contributed by atoms with Crippen molar-refractivity contribution in [3.8, 4) is 0 Å². The molecule has 1 aromatic rings. The van der Waals surface area contributed by atoms with Gasteiger partial charge in [-0.3, -0.25) is 9.59 Å². The molecular weight excluding hydrogens is 234 g/mol. The number of carbonyl (C=O) groups excluding carboxylic acids is 1. The summed E-state index contributed by atoms with van der Waals surface area (Å²) < 4.78 is 4.81. The van der Waals surface area contributed by atoms with E-state index in [2.05, 4.69) is 15.3 Å². The molecule has 1 saturated carbocycles. The summed E-state index contributed by atoms with van der Waals surface area (Å²) in [5, 5.41) is 2.97. The molecule has 0 spiro atoms. The van der Waals surface area contributed by atoms with Crippen LogP contribution >= 0.6 is 0 Å². The van der Waals surface area contributed by atoms with Crippen LogP contribution in [-0.4, -0.2) is 29.1 Å². The summed E-state index contributed by atoms with van der Waals surface area (Å²) in [4.78, 5) is 29.6. The molecule has 0 saturated heterocycles. The van der Waals surface area contributed by atoms with Gasteiger partial charge in [0.05, 0.1) is 13.0 Å². The lowest BCUT2D eigenvalue weighted by Gasteiger charge is -2.06. The molecule has 0 atom stereocenters. The van der Waals surface area contributed by atoms with Crippen molar-refractivity contribution >= 4 is 11.8 Å². The van der Waals surface area contributed by atoms with Gasteiger partial charge in [0, 0.05) is 18.5 Å². The van der Waals surface area contributed by atoms with Crippen LogP contribution in [0.2, 0.25) is 0 Å². The van der Waals surface area contributed by atoms with E-state index in [1.54, 1.807) is 6.92 Å². The second-order valence-corrected chi connectivity index (χ2v) is 4.27. The van der Waals surface area contributed by atoms with Crippen molar-refractivity contribution in [1.29, 1.82) is 0 Å². The van der Waals surface area contributed by atoms with Gasteiger partial charge in [-0.05, 0) is 19.8 Å². The summed E-state index contributed by atoms with van der Waals surface area (Å²) in [5.41, 5.74) is -0.162. The van der Waals surface area contributed by atoms with Gasteiger partial charge in [0.1, 0.15) is 11.6 Å². The Morgan fingerprint density at radius 2 is 2.39 bits per heavy atom. The molecule has 1 heterocycles. The lowest BCUT2D eigenvalue weighted by Crippen LogP contribution is -2.16. The number of nitrogens with one attached hydrogen (secondary N) is 2. The molecule has 2 N–H and O–H groups in total. The molecule has 0 aliphatic heterocycles. The van der Waals surface area contributed by atoms with Gasteiger partial charge >= 0.3 is 5.97 Å². The zero-order chi connectivity index (χ0) is 13.0. The molecule has 2 rings (SSSR count). The van der Waals surface area contributed by atoms with Crippen molar-refractivity contribution in [1.82, 2.24) is 9.97 Å². The first-order valence-corrected chi connectivity index (χ1v) is 6.19. The van der Waals surface area contributed by atoms with Crippen molar-refractivity contribution in [2.45, 2.75) is 32.1 Å². The van der Waals surface area contributed by atoms with Crippen LogP contribution in [0.4, 0.5) is 5.82 Å². The second kappa shape index (κ2) is 5.66. The summed E-state index contributed by atoms with van der Waals surface area (Å²) >= 11 is 0. The van der Waals surface area contributed by atoms with Crippen LogP contribution in [0.1, 0.15) is 37.9 Å². The first-order chi connectivity index (χ1) is 8.69. The third kappa shape index (κ3) is 3.58. The lowest BCUT2D eigenvalue weighted by molar-refractivity contribution is -0.142. The summed E-state index contributed by atoms with van der Waals surface area (Å²) in [7, 11) is 0. The van der Waals surface area contributed by atoms with Crippen molar-refractivity contribution in [2.75, 3.05) is 18.5 Å². The van der Waals surface area contributed by atoms with E-state index in [4.69, 9.17) is 4.74 Å². The molecule has 1 fully saturated rings. The summed E-state index contributed by atoms with van der Waals surface area (Å²) in [5.74, 6) is 1.40. The fraction of sp³-hybridized carbons (Fsp3) is 0.583. The Balaban J connectivity index is 1.89. The van der Waals surface area contributed by atoms with Gasteiger partial charge in [-0.15, -0.1) is 0 Å². The smallest absolute Gasteiger partial charge is 0.307 e. The van der Waals surface area contributed by atoms with E-state index in [-0.39, 0.29) is 17.9 Å². The van der Waals surface area contributed by atoms with E-state index in [9.17, 15) is 9.59 Å². The molecule has 0 radical (unpaired) electrons. The Hall–Kier alpha value is -1.85. The number of carbonyl (C=O) groups is 1. The van der Waals surface area contributed by atoms with Gasteiger partial charge in [-0.2, -0.15) is 0 Å². The minimum absolute atomic E-state index is 0.162. The summed E-state index contributed by atoms with van der Waals surface area (Å²) in [6, 6.07) is 1.40. The molecule has 0 unspecified atom stereocenters. The SMILES string of the molecule is CCOC(=O)CCNc1cc(=O)[nH]c(C2CC2)n1. The topological polar surface area (TPSA) is 84.1 Å². The predicted molar refractivity (Wildman–Crippen MR) is 66.6 cm³/mol. The molecule has 0 bridgehead atoms. The first kappa shape index (κ1) is 12.6. The quantitative estimate of drug-likeness (QED) is 0.737. The van der Waals surface area contributed by atoms with Crippen LogP contribution in [0, 0.1) is 0 Å². The molecule has 18 heavy (non-hydrogen) atoms. The van der Waals surface area contributed by atoms with Gasteiger partial charge in [0.25, 0.3) is 5.56 Å². The fourth-order valence-electron chi connectivity index (χ4n) is 1.64. The third-order valence-corrected chi connectivity index (χ3v) is 2.66. The highest BCUT2D eigenvalue weighted by Gasteiger charge is 2.26. The Labute approximate surface area is 105 Å². The van der Waals surface area contributed by atoms with Gasteiger partial charge in [0.2, 0.25) is 0 Å². The maximum Gasteiger partial charge on any atom is 0.307 e. The number of esters is 1. The van der Waals surface area contributed by atoms with Crippen molar-refractivity contribution in [3.05, 3.63) is 22.2 Å². The van der Waals surface area contributed by atoms with Crippen LogP contribution < -0.4 is 10.9 Å². The standard InChI is InChI=1S/C12H17N3O3/c1-2-18-11(17)5-6-13-9-7-10(16)15-12(14-9)8-3-4-8/h7-8H,2-6H2,1H3,(H2,13,14,15,16). The summed E-state index contributed by atoms with van der Waals surface area (Å²) in [6.45, 7) is 2.57. The molecular formula is C12H17N3O3.